The Hall–Kier alpha value is -2.44. The van der Waals surface area contributed by atoms with Gasteiger partial charge in [-0.3, -0.25) is 19.0 Å². The van der Waals surface area contributed by atoms with E-state index in [1.54, 1.807) is 24.3 Å². The van der Waals surface area contributed by atoms with Gasteiger partial charge in [-0.15, -0.1) is 0 Å². The monoisotopic (exact) mass is 374 g/mol. The van der Waals surface area contributed by atoms with E-state index in [0.29, 0.717) is 47.7 Å². The molecule has 2 N–H and O–H groups in total. The van der Waals surface area contributed by atoms with Crippen LogP contribution in [0.4, 0.5) is 0 Å². The summed E-state index contributed by atoms with van der Waals surface area (Å²) in [4.78, 5) is 37.8. The Balaban J connectivity index is 2.15. The van der Waals surface area contributed by atoms with Crippen molar-refractivity contribution in [2.45, 2.75) is 25.7 Å². The van der Waals surface area contributed by atoms with Crippen LogP contribution in [0.25, 0.3) is 5.69 Å². The van der Waals surface area contributed by atoms with Gasteiger partial charge in [-0.2, -0.15) is 0 Å². The molecule has 1 aliphatic rings. The third kappa shape index (κ3) is 3.57. The zero-order valence-electron chi connectivity index (χ0n) is 14.1. The van der Waals surface area contributed by atoms with Crippen molar-refractivity contribution in [3.8, 4) is 5.69 Å². The molecule has 0 spiro atoms. The summed E-state index contributed by atoms with van der Waals surface area (Å²) < 4.78 is 1.43. The molecule has 0 saturated heterocycles. The number of aliphatic hydroxyl groups is 1. The summed E-state index contributed by atoms with van der Waals surface area (Å²) in [6.07, 6.45) is 2.05. The molecule has 2 aromatic rings. The summed E-state index contributed by atoms with van der Waals surface area (Å²) in [5.74, 6) is -0.620. The van der Waals surface area contributed by atoms with Gasteiger partial charge in [0.05, 0.1) is 0 Å². The predicted molar refractivity (Wildman–Crippen MR) is 98.4 cm³/mol. The van der Waals surface area contributed by atoms with Gasteiger partial charge in [0.15, 0.2) is 5.78 Å². The first kappa shape index (κ1) is 18.4. The van der Waals surface area contributed by atoms with Crippen LogP contribution in [0.5, 0.6) is 0 Å². The number of hydrogen-bond donors (Lipinski definition) is 2. The Labute approximate surface area is 155 Å². The van der Waals surface area contributed by atoms with Crippen LogP contribution in [0.15, 0.2) is 35.1 Å². The second-order valence-electron chi connectivity index (χ2n) is 6.15. The minimum atomic E-state index is -0.549. The molecule has 0 bridgehead atoms. The normalized spacial score (nSPS) is 13.4. The summed E-state index contributed by atoms with van der Waals surface area (Å²) in [6.45, 7) is 0.193. The minimum Gasteiger partial charge on any atom is -0.396 e. The first-order valence-electron chi connectivity index (χ1n) is 8.50. The highest BCUT2D eigenvalue weighted by Crippen LogP contribution is 2.24. The highest BCUT2D eigenvalue weighted by molar-refractivity contribution is 6.30. The molecule has 1 heterocycles. The number of aromatic nitrogens is 1. The van der Waals surface area contributed by atoms with Crippen molar-refractivity contribution < 1.29 is 14.7 Å². The molecule has 0 fully saturated rings. The molecule has 0 atom stereocenters. The Morgan fingerprint density at radius 3 is 2.62 bits per heavy atom. The van der Waals surface area contributed by atoms with Crippen LogP contribution in [-0.2, 0) is 6.42 Å². The molecule has 0 radical (unpaired) electrons. The fourth-order valence-corrected chi connectivity index (χ4v) is 3.22. The van der Waals surface area contributed by atoms with E-state index >= 15 is 0 Å². The molecule has 0 saturated carbocycles. The van der Waals surface area contributed by atoms with Crippen molar-refractivity contribution in [2.75, 3.05) is 13.2 Å². The van der Waals surface area contributed by atoms with E-state index in [2.05, 4.69) is 5.32 Å². The van der Waals surface area contributed by atoms with Gasteiger partial charge in [-0.25, -0.2) is 0 Å². The maximum atomic E-state index is 13.0. The van der Waals surface area contributed by atoms with Crippen molar-refractivity contribution in [2.24, 2.45) is 0 Å². The lowest BCUT2D eigenvalue weighted by Gasteiger charge is -2.21. The molecule has 0 aliphatic heterocycles. The van der Waals surface area contributed by atoms with Crippen LogP contribution in [0.2, 0.25) is 5.02 Å². The molecule has 1 aromatic heterocycles. The molecular formula is C19H19ClN2O4. The highest BCUT2D eigenvalue weighted by Gasteiger charge is 2.26. The second-order valence-corrected chi connectivity index (χ2v) is 6.58. The van der Waals surface area contributed by atoms with Crippen LogP contribution in [-0.4, -0.2) is 34.5 Å². The largest absolute Gasteiger partial charge is 0.396 e. The number of nitrogens with zero attached hydrogens (tertiary/aromatic N) is 1. The molecule has 136 valence electrons. The Morgan fingerprint density at radius 2 is 1.92 bits per heavy atom. The van der Waals surface area contributed by atoms with Crippen LogP contribution >= 0.6 is 11.6 Å². The molecule has 1 aliphatic carbocycles. The van der Waals surface area contributed by atoms with E-state index in [4.69, 9.17) is 16.7 Å². The first-order chi connectivity index (χ1) is 12.5. The fraction of sp³-hybridized carbons (Fsp3) is 0.316. The molecule has 26 heavy (non-hydrogen) atoms. The number of pyridine rings is 1. The number of rotatable bonds is 5. The van der Waals surface area contributed by atoms with E-state index in [9.17, 15) is 14.4 Å². The topological polar surface area (TPSA) is 88.4 Å². The third-order valence-corrected chi connectivity index (χ3v) is 4.62. The van der Waals surface area contributed by atoms with E-state index in [1.165, 1.54) is 10.6 Å². The number of hydrogen-bond acceptors (Lipinski definition) is 4. The van der Waals surface area contributed by atoms with Gasteiger partial charge >= 0.3 is 0 Å². The minimum absolute atomic E-state index is 0.0576. The van der Waals surface area contributed by atoms with Crippen LogP contribution < -0.4 is 10.9 Å². The van der Waals surface area contributed by atoms with E-state index in [-0.39, 0.29) is 24.5 Å². The van der Waals surface area contributed by atoms with E-state index in [1.807, 2.05) is 0 Å². The summed E-state index contributed by atoms with van der Waals surface area (Å²) in [6, 6.07) is 8.11. The number of amides is 1. The molecule has 7 heteroatoms. The first-order valence-corrected chi connectivity index (χ1v) is 8.88. The lowest BCUT2D eigenvalue weighted by Crippen LogP contribution is -2.36. The number of carbonyl (C=O) groups is 2. The molecule has 3 rings (SSSR count). The summed E-state index contributed by atoms with van der Waals surface area (Å²) in [5.41, 5.74) is 1.06. The number of benzene rings is 1. The predicted octanol–water partition coefficient (Wildman–Crippen LogP) is 2.12. The quantitative estimate of drug-likeness (QED) is 0.785. The average molecular weight is 375 g/mol. The standard InChI is InChI=1S/C19H19ClN2O4/c20-12-5-7-13(8-6-12)22-16-3-1-4-17(24)14(16)11-15(19(22)26)18(25)21-9-2-10-23/h5-8,11,23H,1-4,9-10H2,(H,21,25). The lowest BCUT2D eigenvalue weighted by atomic mass is 9.92. The smallest absolute Gasteiger partial charge is 0.268 e. The average Bonchev–Trinajstić information content (AvgIpc) is 2.63. The lowest BCUT2D eigenvalue weighted by molar-refractivity contribution is 0.0949. The summed E-state index contributed by atoms with van der Waals surface area (Å²) in [5, 5.41) is 12.0. The van der Waals surface area contributed by atoms with E-state index in [0.717, 1.165) is 0 Å². The van der Waals surface area contributed by atoms with Gasteiger partial charge in [0.1, 0.15) is 5.56 Å². The maximum absolute atomic E-state index is 13.0. The Kier molecular flexibility index (Phi) is 5.54. The van der Waals surface area contributed by atoms with Gasteiger partial charge in [-0.1, -0.05) is 11.6 Å². The number of halogens is 1. The molecule has 6 nitrogen and oxygen atoms in total. The molecule has 1 aromatic carbocycles. The SMILES string of the molecule is O=C1CCCc2c1cc(C(=O)NCCCO)c(=O)n2-c1ccc(Cl)cc1. The third-order valence-electron chi connectivity index (χ3n) is 4.37. The van der Waals surface area contributed by atoms with Gasteiger partial charge < -0.3 is 10.4 Å². The number of fused-ring (bicyclic) bond motifs is 1. The van der Waals surface area contributed by atoms with Gasteiger partial charge in [-0.05, 0) is 49.6 Å². The number of carbonyl (C=O) groups excluding carboxylic acids is 2. The maximum Gasteiger partial charge on any atom is 0.268 e. The van der Waals surface area contributed by atoms with Gasteiger partial charge in [0, 0.05) is 41.5 Å². The Morgan fingerprint density at radius 1 is 1.19 bits per heavy atom. The highest BCUT2D eigenvalue weighted by atomic mass is 35.5. The van der Waals surface area contributed by atoms with Crippen molar-refractivity contribution >= 4 is 23.3 Å². The molecule has 0 unspecified atom stereocenters. The van der Waals surface area contributed by atoms with Crippen LogP contribution in [0, 0.1) is 0 Å². The number of Topliss-reactive ketones (excluding diaryl/α,β-unsaturated/α-hetero) is 1. The molecular weight excluding hydrogens is 356 g/mol. The van der Waals surface area contributed by atoms with Crippen LogP contribution in [0.1, 0.15) is 45.7 Å². The van der Waals surface area contributed by atoms with Gasteiger partial charge in [0.25, 0.3) is 11.5 Å². The zero-order chi connectivity index (χ0) is 18.7. The zero-order valence-corrected chi connectivity index (χ0v) is 14.9. The number of nitrogens with one attached hydrogen (secondary N) is 1. The van der Waals surface area contributed by atoms with Gasteiger partial charge in [0.2, 0.25) is 0 Å². The number of aliphatic hydroxyl groups excluding tert-OH is 1. The Bertz CT molecular complexity index is 903. The van der Waals surface area contributed by atoms with E-state index < -0.39 is 11.5 Å². The molecule has 1 amide bonds. The van der Waals surface area contributed by atoms with Crippen LogP contribution in [0.3, 0.4) is 0 Å². The van der Waals surface area contributed by atoms with Crippen molar-refractivity contribution in [1.29, 1.82) is 0 Å². The fourth-order valence-electron chi connectivity index (χ4n) is 3.09. The second kappa shape index (κ2) is 7.85. The van der Waals surface area contributed by atoms with Crippen molar-refractivity contribution in [1.82, 2.24) is 9.88 Å². The summed E-state index contributed by atoms with van der Waals surface area (Å²) in [7, 11) is 0. The van der Waals surface area contributed by atoms with Crippen molar-refractivity contribution in [3.05, 3.63) is 62.5 Å². The number of ketones is 1. The van der Waals surface area contributed by atoms with Crippen molar-refractivity contribution in [3.63, 3.8) is 0 Å². The summed E-state index contributed by atoms with van der Waals surface area (Å²) >= 11 is 5.93.